The fraction of sp³-hybridized carbons (Fsp3) is 0.364. The SMILES string of the molecule is O=C(O)[C@@H]1CC(O)CN1C(=O)c1cc(F)cnc1Cl. The predicted octanol–water partition coefficient (Wildman–Crippen LogP) is 0.534. The van der Waals surface area contributed by atoms with Crippen LogP contribution < -0.4 is 0 Å². The number of pyridine rings is 1. The van der Waals surface area contributed by atoms with Gasteiger partial charge in [-0.1, -0.05) is 11.6 Å². The highest BCUT2D eigenvalue weighted by Crippen LogP contribution is 2.23. The van der Waals surface area contributed by atoms with E-state index in [1.165, 1.54) is 0 Å². The summed E-state index contributed by atoms with van der Waals surface area (Å²) in [6.07, 6.45) is -0.140. The van der Waals surface area contributed by atoms with Crippen molar-refractivity contribution in [3.63, 3.8) is 0 Å². The number of rotatable bonds is 2. The van der Waals surface area contributed by atoms with E-state index in [0.29, 0.717) is 0 Å². The number of carboxylic acids is 1. The molecule has 0 aromatic carbocycles. The van der Waals surface area contributed by atoms with Crippen molar-refractivity contribution < 1.29 is 24.2 Å². The first-order valence-electron chi connectivity index (χ1n) is 5.43. The molecule has 1 aromatic heterocycles. The molecule has 2 heterocycles. The number of nitrogens with zero attached hydrogens (tertiary/aromatic N) is 2. The lowest BCUT2D eigenvalue weighted by atomic mass is 10.2. The molecule has 0 bridgehead atoms. The quantitative estimate of drug-likeness (QED) is 0.775. The third kappa shape index (κ3) is 2.66. The summed E-state index contributed by atoms with van der Waals surface area (Å²) in [5.41, 5.74) is -0.220. The number of hydrogen-bond acceptors (Lipinski definition) is 4. The summed E-state index contributed by atoms with van der Waals surface area (Å²) in [6, 6.07) is -0.261. The number of aromatic nitrogens is 1. The number of likely N-dealkylation sites (tertiary alicyclic amines) is 1. The van der Waals surface area contributed by atoms with Crippen molar-refractivity contribution in [3.05, 3.63) is 28.8 Å². The van der Waals surface area contributed by atoms with Gasteiger partial charge in [0, 0.05) is 13.0 Å². The van der Waals surface area contributed by atoms with Crippen molar-refractivity contribution in [1.82, 2.24) is 9.88 Å². The van der Waals surface area contributed by atoms with Gasteiger partial charge in [0.05, 0.1) is 17.9 Å². The number of carbonyl (C=O) groups is 2. The molecule has 1 aliphatic rings. The molecular formula is C11H10ClFN2O4. The molecule has 19 heavy (non-hydrogen) atoms. The topological polar surface area (TPSA) is 90.7 Å². The average molecular weight is 289 g/mol. The fourth-order valence-electron chi connectivity index (χ4n) is 2.00. The Hall–Kier alpha value is -1.73. The summed E-state index contributed by atoms with van der Waals surface area (Å²) < 4.78 is 13.1. The molecule has 0 spiro atoms. The van der Waals surface area contributed by atoms with Crippen LogP contribution in [0, 0.1) is 5.82 Å². The molecule has 2 N–H and O–H groups in total. The van der Waals surface area contributed by atoms with Crippen LogP contribution in [-0.4, -0.2) is 50.7 Å². The minimum atomic E-state index is -1.23. The van der Waals surface area contributed by atoms with Gasteiger partial charge in [0.2, 0.25) is 0 Å². The highest BCUT2D eigenvalue weighted by molar-refractivity contribution is 6.32. The van der Waals surface area contributed by atoms with Crippen LogP contribution in [0.1, 0.15) is 16.8 Å². The predicted molar refractivity (Wildman–Crippen MR) is 62.3 cm³/mol. The minimum absolute atomic E-state index is 0.0680. The molecule has 0 saturated carbocycles. The zero-order valence-corrected chi connectivity index (χ0v) is 10.3. The molecular weight excluding hydrogens is 279 g/mol. The van der Waals surface area contributed by atoms with E-state index in [4.69, 9.17) is 16.7 Å². The molecule has 0 radical (unpaired) electrons. The summed E-state index contributed by atoms with van der Waals surface area (Å²) >= 11 is 5.70. The van der Waals surface area contributed by atoms with E-state index < -0.39 is 29.8 Å². The number of halogens is 2. The van der Waals surface area contributed by atoms with Crippen LogP contribution in [0.5, 0.6) is 0 Å². The van der Waals surface area contributed by atoms with Gasteiger partial charge in [-0.3, -0.25) is 4.79 Å². The number of amides is 1. The standard InChI is InChI=1S/C11H10ClFN2O4/c12-9-7(1-5(13)3-14-9)10(17)15-4-6(16)2-8(15)11(18)19/h1,3,6,8,16H,2,4H2,(H,18,19)/t6?,8-/m0/s1. The molecule has 1 aliphatic heterocycles. The highest BCUT2D eigenvalue weighted by atomic mass is 35.5. The van der Waals surface area contributed by atoms with Crippen molar-refractivity contribution >= 4 is 23.5 Å². The first-order valence-corrected chi connectivity index (χ1v) is 5.81. The van der Waals surface area contributed by atoms with E-state index in [0.717, 1.165) is 17.2 Å². The summed E-state index contributed by atoms with van der Waals surface area (Å²) in [5.74, 6) is -2.74. The van der Waals surface area contributed by atoms with Crippen LogP contribution in [0.2, 0.25) is 5.15 Å². The maximum Gasteiger partial charge on any atom is 0.326 e. The molecule has 2 rings (SSSR count). The normalized spacial score (nSPS) is 22.6. The van der Waals surface area contributed by atoms with Gasteiger partial charge in [-0.15, -0.1) is 0 Å². The average Bonchev–Trinajstić information content (AvgIpc) is 2.74. The smallest absolute Gasteiger partial charge is 0.326 e. The summed E-state index contributed by atoms with van der Waals surface area (Å²) in [4.78, 5) is 27.6. The second kappa shape index (κ2) is 5.10. The van der Waals surface area contributed by atoms with E-state index >= 15 is 0 Å². The third-order valence-corrected chi connectivity index (χ3v) is 3.16. The monoisotopic (exact) mass is 288 g/mol. The Morgan fingerprint density at radius 1 is 1.53 bits per heavy atom. The minimum Gasteiger partial charge on any atom is -0.480 e. The van der Waals surface area contributed by atoms with Gasteiger partial charge >= 0.3 is 5.97 Å². The Morgan fingerprint density at radius 3 is 2.84 bits per heavy atom. The first kappa shape index (κ1) is 13.7. The summed E-state index contributed by atoms with van der Waals surface area (Å²) in [6.45, 7) is -0.136. The van der Waals surface area contributed by atoms with Crippen LogP contribution in [0.3, 0.4) is 0 Å². The van der Waals surface area contributed by atoms with Crippen LogP contribution >= 0.6 is 11.6 Å². The molecule has 1 saturated heterocycles. The van der Waals surface area contributed by atoms with Gasteiger partial charge in [-0.2, -0.15) is 0 Å². The number of carbonyl (C=O) groups excluding carboxylic acids is 1. The number of β-amino-alcohol motifs (C(OH)–C–C–N with tert-alkyl or cyclic N) is 1. The lowest BCUT2D eigenvalue weighted by Gasteiger charge is -2.21. The molecule has 102 valence electrons. The van der Waals surface area contributed by atoms with Gasteiger partial charge in [0.25, 0.3) is 5.91 Å². The van der Waals surface area contributed by atoms with Crippen LogP contribution in [-0.2, 0) is 4.79 Å². The van der Waals surface area contributed by atoms with Gasteiger partial charge < -0.3 is 15.1 Å². The van der Waals surface area contributed by atoms with E-state index in [1.54, 1.807) is 0 Å². The van der Waals surface area contributed by atoms with Crippen molar-refractivity contribution in [2.45, 2.75) is 18.6 Å². The van der Waals surface area contributed by atoms with Crippen molar-refractivity contribution in [1.29, 1.82) is 0 Å². The Balaban J connectivity index is 2.33. The second-order valence-electron chi connectivity index (χ2n) is 4.19. The highest BCUT2D eigenvalue weighted by Gasteiger charge is 2.39. The second-order valence-corrected chi connectivity index (χ2v) is 4.55. The number of aliphatic carboxylic acids is 1. The molecule has 6 nitrogen and oxygen atoms in total. The molecule has 8 heteroatoms. The zero-order chi connectivity index (χ0) is 14.2. The van der Waals surface area contributed by atoms with Crippen LogP contribution in [0.4, 0.5) is 4.39 Å². The van der Waals surface area contributed by atoms with Gasteiger partial charge in [0.15, 0.2) is 0 Å². The lowest BCUT2D eigenvalue weighted by molar-refractivity contribution is -0.141. The molecule has 1 aromatic rings. The van der Waals surface area contributed by atoms with E-state index in [2.05, 4.69) is 4.98 Å². The first-order chi connectivity index (χ1) is 8.90. The van der Waals surface area contributed by atoms with Crippen molar-refractivity contribution in [2.24, 2.45) is 0 Å². The zero-order valence-electron chi connectivity index (χ0n) is 9.58. The van der Waals surface area contributed by atoms with Crippen LogP contribution in [0.25, 0.3) is 0 Å². The van der Waals surface area contributed by atoms with Gasteiger partial charge in [0.1, 0.15) is 17.0 Å². The van der Waals surface area contributed by atoms with Gasteiger partial charge in [-0.25, -0.2) is 14.2 Å². The maximum atomic E-state index is 13.1. The summed E-state index contributed by atoms with van der Waals surface area (Å²) in [7, 11) is 0. The Labute approximate surface area is 112 Å². The van der Waals surface area contributed by atoms with Crippen molar-refractivity contribution in [2.75, 3.05) is 6.54 Å². The Kier molecular flexibility index (Phi) is 3.68. The molecule has 2 atom stereocenters. The van der Waals surface area contributed by atoms with E-state index in [1.807, 2.05) is 0 Å². The van der Waals surface area contributed by atoms with Crippen molar-refractivity contribution in [3.8, 4) is 0 Å². The Morgan fingerprint density at radius 2 is 2.21 bits per heavy atom. The van der Waals surface area contributed by atoms with Gasteiger partial charge in [-0.05, 0) is 6.07 Å². The molecule has 1 amide bonds. The molecule has 1 fully saturated rings. The number of carboxylic acid groups (broad SMARTS) is 1. The summed E-state index contributed by atoms with van der Waals surface area (Å²) in [5, 5.41) is 18.2. The number of aliphatic hydroxyl groups excluding tert-OH is 1. The lowest BCUT2D eigenvalue weighted by Crippen LogP contribution is -2.40. The molecule has 1 unspecified atom stereocenters. The number of aliphatic hydroxyl groups is 1. The number of hydrogen-bond donors (Lipinski definition) is 2. The van der Waals surface area contributed by atoms with E-state index in [9.17, 15) is 19.1 Å². The fourth-order valence-corrected chi connectivity index (χ4v) is 2.18. The maximum absolute atomic E-state index is 13.1. The van der Waals surface area contributed by atoms with Crippen LogP contribution in [0.15, 0.2) is 12.3 Å². The largest absolute Gasteiger partial charge is 0.480 e. The third-order valence-electron chi connectivity index (χ3n) is 2.86. The Bertz CT molecular complexity index is 539. The molecule has 0 aliphatic carbocycles. The van der Waals surface area contributed by atoms with E-state index in [-0.39, 0.29) is 23.7 Å².